The summed E-state index contributed by atoms with van der Waals surface area (Å²) in [4.78, 5) is 4.43. The van der Waals surface area contributed by atoms with Crippen LogP contribution in [0.5, 0.6) is 0 Å². The first-order chi connectivity index (χ1) is 9.03. The molecule has 0 fully saturated rings. The number of aromatic nitrogens is 1. The first kappa shape index (κ1) is 13.7. The lowest BCUT2D eigenvalue weighted by molar-refractivity contribution is 0.594. The molecule has 19 heavy (non-hydrogen) atoms. The molecule has 2 aromatic rings. The minimum Gasteiger partial charge on any atom is -0.325 e. The summed E-state index contributed by atoms with van der Waals surface area (Å²) in [7, 11) is -3.34. The Kier molecular flexibility index (Phi) is 3.97. The van der Waals surface area contributed by atoms with Crippen LogP contribution < -0.4 is 5.73 Å². The highest BCUT2D eigenvalue weighted by atomic mass is 32.2. The van der Waals surface area contributed by atoms with Gasteiger partial charge < -0.3 is 5.73 Å². The van der Waals surface area contributed by atoms with Gasteiger partial charge in [-0.3, -0.25) is 4.98 Å². The molecule has 1 aromatic carbocycles. The normalized spacial score (nSPS) is 11.5. The average molecular weight is 276 g/mol. The Morgan fingerprint density at radius 3 is 2.63 bits per heavy atom. The molecule has 0 radical (unpaired) electrons. The fraction of sp³-hybridized carbons (Fsp3) is 0.214. The van der Waals surface area contributed by atoms with Crippen LogP contribution in [0.2, 0.25) is 0 Å². The molecule has 2 rings (SSSR count). The molecule has 5 heteroatoms. The van der Waals surface area contributed by atoms with Gasteiger partial charge in [0.2, 0.25) is 0 Å². The molecule has 0 spiro atoms. The summed E-state index contributed by atoms with van der Waals surface area (Å²) in [5.41, 5.74) is 7.66. The van der Waals surface area contributed by atoms with Crippen LogP contribution >= 0.6 is 0 Å². The van der Waals surface area contributed by atoms with E-state index < -0.39 is 9.84 Å². The van der Waals surface area contributed by atoms with Gasteiger partial charge in [-0.25, -0.2) is 8.42 Å². The molecule has 4 nitrogen and oxygen atoms in total. The number of benzene rings is 1. The molecular formula is C14H16N2O2S. The van der Waals surface area contributed by atoms with Crippen LogP contribution in [0.4, 0.5) is 0 Å². The Labute approximate surface area is 113 Å². The summed E-state index contributed by atoms with van der Waals surface area (Å²) in [5.74, 6) is -0.0344. The van der Waals surface area contributed by atoms with Crippen LogP contribution in [0.3, 0.4) is 0 Å². The van der Waals surface area contributed by atoms with E-state index in [1.807, 2.05) is 6.07 Å². The van der Waals surface area contributed by atoms with Gasteiger partial charge in [0, 0.05) is 12.7 Å². The quantitative estimate of drug-likeness (QED) is 0.924. The summed E-state index contributed by atoms with van der Waals surface area (Å²) in [6, 6.07) is 10.4. The van der Waals surface area contributed by atoms with E-state index in [9.17, 15) is 8.42 Å². The molecule has 1 aromatic heterocycles. The smallest absolute Gasteiger partial charge is 0.182 e. The predicted molar refractivity (Wildman–Crippen MR) is 74.2 cm³/mol. The zero-order valence-corrected chi connectivity index (χ0v) is 11.5. The van der Waals surface area contributed by atoms with E-state index in [4.69, 9.17) is 5.73 Å². The minimum atomic E-state index is -3.34. The maximum atomic E-state index is 12.4. The molecule has 0 atom stereocenters. The SMILES string of the molecule is Cc1ccccc1S(=O)(=O)Cc1ccnc(CN)c1. The summed E-state index contributed by atoms with van der Waals surface area (Å²) in [5, 5.41) is 0. The number of sulfone groups is 1. The maximum Gasteiger partial charge on any atom is 0.182 e. The number of rotatable bonds is 4. The molecule has 0 amide bonds. The first-order valence-electron chi connectivity index (χ1n) is 5.95. The largest absolute Gasteiger partial charge is 0.325 e. The topological polar surface area (TPSA) is 73.0 Å². The second-order valence-corrected chi connectivity index (χ2v) is 6.34. The Hall–Kier alpha value is -1.72. The monoisotopic (exact) mass is 276 g/mol. The predicted octanol–water partition coefficient (Wildman–Crippen LogP) is 1.82. The fourth-order valence-corrected chi connectivity index (χ4v) is 3.55. The molecule has 0 aliphatic rings. The van der Waals surface area contributed by atoms with Gasteiger partial charge in [-0.05, 0) is 36.2 Å². The Bertz CT molecular complexity index is 681. The van der Waals surface area contributed by atoms with E-state index in [2.05, 4.69) is 4.98 Å². The fourth-order valence-electron chi connectivity index (χ4n) is 1.93. The maximum absolute atomic E-state index is 12.4. The van der Waals surface area contributed by atoms with Crippen molar-refractivity contribution in [1.29, 1.82) is 0 Å². The van der Waals surface area contributed by atoms with Crippen molar-refractivity contribution < 1.29 is 8.42 Å². The van der Waals surface area contributed by atoms with Crippen LogP contribution in [-0.4, -0.2) is 13.4 Å². The van der Waals surface area contributed by atoms with Crippen LogP contribution in [0.15, 0.2) is 47.5 Å². The number of hydrogen-bond acceptors (Lipinski definition) is 4. The first-order valence-corrected chi connectivity index (χ1v) is 7.60. The van der Waals surface area contributed by atoms with Crippen molar-refractivity contribution in [2.24, 2.45) is 5.73 Å². The van der Waals surface area contributed by atoms with Gasteiger partial charge in [0.15, 0.2) is 9.84 Å². The molecule has 2 N–H and O–H groups in total. The second-order valence-electron chi connectivity index (χ2n) is 4.38. The van der Waals surface area contributed by atoms with Crippen LogP contribution in [0.25, 0.3) is 0 Å². The number of pyridine rings is 1. The zero-order chi connectivity index (χ0) is 13.9. The van der Waals surface area contributed by atoms with Gasteiger partial charge in [-0.15, -0.1) is 0 Å². The van der Waals surface area contributed by atoms with Crippen LogP contribution in [-0.2, 0) is 22.1 Å². The van der Waals surface area contributed by atoms with Crippen LogP contribution in [0.1, 0.15) is 16.8 Å². The third-order valence-electron chi connectivity index (χ3n) is 2.88. The van der Waals surface area contributed by atoms with Gasteiger partial charge >= 0.3 is 0 Å². The van der Waals surface area contributed by atoms with Crippen LogP contribution in [0, 0.1) is 6.92 Å². The van der Waals surface area contributed by atoms with Crippen molar-refractivity contribution in [3.05, 3.63) is 59.4 Å². The van der Waals surface area contributed by atoms with E-state index in [0.29, 0.717) is 22.7 Å². The third-order valence-corrected chi connectivity index (χ3v) is 4.72. The average Bonchev–Trinajstić information content (AvgIpc) is 2.38. The number of aryl methyl sites for hydroxylation is 1. The third kappa shape index (κ3) is 3.19. The van der Waals surface area contributed by atoms with E-state index >= 15 is 0 Å². The van der Waals surface area contributed by atoms with Gasteiger partial charge in [0.1, 0.15) is 0 Å². The van der Waals surface area contributed by atoms with Crippen molar-refractivity contribution >= 4 is 9.84 Å². The van der Waals surface area contributed by atoms with Gasteiger partial charge in [0.05, 0.1) is 16.3 Å². The van der Waals surface area contributed by atoms with E-state index in [-0.39, 0.29) is 5.75 Å². The standard InChI is InChI=1S/C14H16N2O2S/c1-11-4-2-3-5-14(11)19(17,18)10-12-6-7-16-13(8-12)9-15/h2-8H,9-10,15H2,1H3. The van der Waals surface area contributed by atoms with Crippen molar-refractivity contribution in [2.75, 3.05) is 0 Å². The van der Waals surface area contributed by atoms with Crippen molar-refractivity contribution in [3.8, 4) is 0 Å². The number of nitrogens with two attached hydrogens (primary N) is 1. The van der Waals surface area contributed by atoms with Gasteiger partial charge in [-0.1, -0.05) is 18.2 Å². The lowest BCUT2D eigenvalue weighted by Crippen LogP contribution is -2.08. The molecule has 0 unspecified atom stereocenters. The van der Waals surface area contributed by atoms with Gasteiger partial charge in [-0.2, -0.15) is 0 Å². The summed E-state index contributed by atoms with van der Waals surface area (Å²) < 4.78 is 24.7. The number of nitrogens with zero attached hydrogens (tertiary/aromatic N) is 1. The van der Waals surface area contributed by atoms with Crippen molar-refractivity contribution in [1.82, 2.24) is 4.98 Å². The molecule has 100 valence electrons. The summed E-state index contributed by atoms with van der Waals surface area (Å²) in [6.07, 6.45) is 1.59. The Morgan fingerprint density at radius 2 is 1.95 bits per heavy atom. The zero-order valence-electron chi connectivity index (χ0n) is 10.7. The van der Waals surface area contributed by atoms with E-state index in [0.717, 1.165) is 5.56 Å². The molecule has 1 heterocycles. The molecule has 0 saturated heterocycles. The lowest BCUT2D eigenvalue weighted by Gasteiger charge is -2.08. The summed E-state index contributed by atoms with van der Waals surface area (Å²) in [6.45, 7) is 2.10. The van der Waals surface area contributed by atoms with Crippen molar-refractivity contribution in [3.63, 3.8) is 0 Å². The number of hydrogen-bond donors (Lipinski definition) is 1. The molecule has 0 bridgehead atoms. The van der Waals surface area contributed by atoms with Crippen molar-refractivity contribution in [2.45, 2.75) is 24.1 Å². The highest BCUT2D eigenvalue weighted by Gasteiger charge is 2.17. The summed E-state index contributed by atoms with van der Waals surface area (Å²) >= 11 is 0. The highest BCUT2D eigenvalue weighted by molar-refractivity contribution is 7.90. The Balaban J connectivity index is 2.34. The minimum absolute atomic E-state index is 0.0344. The molecule has 0 saturated carbocycles. The van der Waals surface area contributed by atoms with E-state index in [1.54, 1.807) is 43.5 Å². The lowest BCUT2D eigenvalue weighted by atomic mass is 10.2. The molecule has 0 aliphatic heterocycles. The van der Waals surface area contributed by atoms with Gasteiger partial charge in [0.25, 0.3) is 0 Å². The highest BCUT2D eigenvalue weighted by Crippen LogP contribution is 2.19. The Morgan fingerprint density at radius 1 is 1.21 bits per heavy atom. The molecular weight excluding hydrogens is 260 g/mol. The second kappa shape index (κ2) is 5.50. The molecule has 0 aliphatic carbocycles. The van der Waals surface area contributed by atoms with E-state index in [1.165, 1.54) is 0 Å².